The lowest BCUT2D eigenvalue weighted by molar-refractivity contribution is -0.149. The van der Waals surface area contributed by atoms with Gasteiger partial charge in [0.15, 0.2) is 0 Å². The number of hydrogen-bond donors (Lipinski definition) is 2. The van der Waals surface area contributed by atoms with E-state index in [1.807, 2.05) is 0 Å². The van der Waals surface area contributed by atoms with Crippen molar-refractivity contribution in [1.29, 1.82) is 0 Å². The molecule has 3 N–H and O–H groups in total. The van der Waals surface area contributed by atoms with Crippen LogP contribution in [0.5, 0.6) is 0 Å². The summed E-state index contributed by atoms with van der Waals surface area (Å²) in [6.45, 7) is -0.0379. The molecule has 0 amide bonds. The summed E-state index contributed by atoms with van der Waals surface area (Å²) < 4.78 is 26.4. The second-order valence-corrected chi connectivity index (χ2v) is 4.85. The number of carboxylic acid groups (broad SMARTS) is 1. The van der Waals surface area contributed by atoms with E-state index in [-0.39, 0.29) is 24.4 Å². The largest absolute Gasteiger partial charge is 0.481 e. The molecule has 0 spiro atoms. The van der Waals surface area contributed by atoms with E-state index in [1.165, 1.54) is 6.07 Å². The molecule has 1 aromatic rings. The Hall–Kier alpha value is -1.49. The zero-order valence-corrected chi connectivity index (χ0v) is 9.83. The van der Waals surface area contributed by atoms with Gasteiger partial charge in [-0.2, -0.15) is 0 Å². The molecule has 5 heteroatoms. The van der Waals surface area contributed by atoms with E-state index in [9.17, 15) is 18.7 Å². The molecule has 1 fully saturated rings. The standard InChI is InChI=1S/C13H15F2NO2/c14-10-4-1-8(11(15)5-10)6-13(7-16,12(17)18)9-2-3-9/h1,4-5,9H,2-3,6-7,16H2,(H,17,18). The Morgan fingerprint density at radius 3 is 2.56 bits per heavy atom. The number of halogens is 2. The van der Waals surface area contributed by atoms with Gasteiger partial charge in [0.25, 0.3) is 0 Å². The fourth-order valence-electron chi connectivity index (χ4n) is 2.36. The lowest BCUT2D eigenvalue weighted by atomic mass is 9.77. The number of nitrogens with two attached hydrogens (primary N) is 1. The highest BCUT2D eigenvalue weighted by Gasteiger charge is 2.50. The molecule has 1 saturated carbocycles. The van der Waals surface area contributed by atoms with Crippen LogP contribution in [0.4, 0.5) is 8.78 Å². The zero-order chi connectivity index (χ0) is 13.3. The molecule has 1 aliphatic carbocycles. The van der Waals surface area contributed by atoms with Crippen LogP contribution in [-0.2, 0) is 11.2 Å². The molecule has 1 aromatic carbocycles. The molecule has 3 nitrogen and oxygen atoms in total. The Morgan fingerprint density at radius 2 is 2.11 bits per heavy atom. The maximum absolute atomic E-state index is 13.6. The first-order chi connectivity index (χ1) is 8.49. The fourth-order valence-corrected chi connectivity index (χ4v) is 2.36. The number of aliphatic carboxylic acids is 1. The molecular weight excluding hydrogens is 240 g/mol. The second kappa shape index (κ2) is 4.65. The van der Waals surface area contributed by atoms with Crippen molar-refractivity contribution in [1.82, 2.24) is 0 Å². The van der Waals surface area contributed by atoms with E-state index in [2.05, 4.69) is 0 Å². The van der Waals surface area contributed by atoms with Crippen LogP contribution in [0.25, 0.3) is 0 Å². The predicted octanol–water partition coefficient (Wildman–Crippen LogP) is 1.95. The minimum absolute atomic E-state index is 0.00954. The summed E-state index contributed by atoms with van der Waals surface area (Å²) in [5.41, 5.74) is 4.68. The molecule has 0 bridgehead atoms. The third kappa shape index (κ3) is 2.22. The van der Waals surface area contributed by atoms with Gasteiger partial charge in [-0.05, 0) is 36.8 Å². The predicted molar refractivity (Wildman–Crippen MR) is 61.9 cm³/mol. The fraction of sp³-hybridized carbons (Fsp3) is 0.462. The van der Waals surface area contributed by atoms with Crippen molar-refractivity contribution in [3.63, 3.8) is 0 Å². The molecule has 0 saturated heterocycles. The monoisotopic (exact) mass is 255 g/mol. The zero-order valence-electron chi connectivity index (χ0n) is 9.83. The van der Waals surface area contributed by atoms with Crippen LogP contribution < -0.4 is 5.73 Å². The van der Waals surface area contributed by atoms with E-state index in [4.69, 9.17) is 5.73 Å². The van der Waals surface area contributed by atoms with Crippen LogP contribution >= 0.6 is 0 Å². The van der Waals surface area contributed by atoms with Gasteiger partial charge < -0.3 is 10.8 Å². The SMILES string of the molecule is NCC(Cc1ccc(F)cc1F)(C(=O)O)C1CC1. The summed E-state index contributed by atoms with van der Waals surface area (Å²) in [4.78, 5) is 11.4. The molecule has 1 atom stereocenters. The van der Waals surface area contributed by atoms with Crippen LogP contribution in [0.1, 0.15) is 18.4 Å². The Labute approximate surface area is 104 Å². The van der Waals surface area contributed by atoms with Crippen LogP contribution in [0.15, 0.2) is 18.2 Å². The van der Waals surface area contributed by atoms with Crippen molar-refractivity contribution < 1.29 is 18.7 Å². The van der Waals surface area contributed by atoms with E-state index in [1.54, 1.807) is 0 Å². The number of carboxylic acids is 1. The van der Waals surface area contributed by atoms with Crippen molar-refractivity contribution in [3.05, 3.63) is 35.4 Å². The third-order valence-electron chi connectivity index (χ3n) is 3.67. The van der Waals surface area contributed by atoms with Gasteiger partial charge in [-0.1, -0.05) is 6.07 Å². The van der Waals surface area contributed by atoms with E-state index in [0.717, 1.165) is 25.0 Å². The Balaban J connectivity index is 2.31. The highest BCUT2D eigenvalue weighted by Crippen LogP contribution is 2.47. The smallest absolute Gasteiger partial charge is 0.311 e. The molecular formula is C13H15F2NO2. The highest BCUT2D eigenvalue weighted by molar-refractivity contribution is 5.76. The van der Waals surface area contributed by atoms with Gasteiger partial charge in [0.2, 0.25) is 0 Å². The maximum atomic E-state index is 13.6. The van der Waals surface area contributed by atoms with E-state index >= 15 is 0 Å². The number of hydrogen-bond acceptors (Lipinski definition) is 2. The summed E-state index contributed by atoms with van der Waals surface area (Å²) >= 11 is 0. The van der Waals surface area contributed by atoms with Crippen molar-refractivity contribution in [3.8, 4) is 0 Å². The minimum Gasteiger partial charge on any atom is -0.481 e. The first-order valence-electron chi connectivity index (χ1n) is 5.87. The van der Waals surface area contributed by atoms with Crippen molar-refractivity contribution in [2.75, 3.05) is 6.54 Å². The van der Waals surface area contributed by atoms with Crippen molar-refractivity contribution in [2.24, 2.45) is 17.1 Å². The quantitative estimate of drug-likeness (QED) is 0.845. The Kier molecular flexibility index (Phi) is 3.34. The average Bonchev–Trinajstić information content (AvgIpc) is 3.12. The number of benzene rings is 1. The van der Waals surface area contributed by atoms with Crippen molar-refractivity contribution >= 4 is 5.97 Å². The normalized spacial score (nSPS) is 18.4. The minimum atomic E-state index is -1.13. The summed E-state index contributed by atoms with van der Waals surface area (Å²) in [6, 6.07) is 3.19. The molecule has 0 aromatic heterocycles. The highest BCUT2D eigenvalue weighted by atomic mass is 19.1. The topological polar surface area (TPSA) is 63.3 Å². The van der Waals surface area contributed by atoms with Crippen LogP contribution in [0, 0.1) is 23.0 Å². The number of carbonyl (C=O) groups is 1. The molecule has 2 rings (SSSR count). The number of rotatable bonds is 5. The summed E-state index contributed by atoms with van der Waals surface area (Å²) in [5.74, 6) is -2.40. The van der Waals surface area contributed by atoms with Gasteiger partial charge in [-0.25, -0.2) is 8.78 Å². The molecule has 1 aliphatic rings. The van der Waals surface area contributed by atoms with Gasteiger partial charge in [-0.3, -0.25) is 4.79 Å². The van der Waals surface area contributed by atoms with Gasteiger partial charge >= 0.3 is 5.97 Å². The summed E-state index contributed by atoms with van der Waals surface area (Å²) in [7, 11) is 0. The van der Waals surface area contributed by atoms with Crippen LogP contribution in [-0.4, -0.2) is 17.6 Å². The molecule has 1 unspecified atom stereocenters. The first-order valence-corrected chi connectivity index (χ1v) is 5.87. The van der Waals surface area contributed by atoms with Gasteiger partial charge in [-0.15, -0.1) is 0 Å². The third-order valence-corrected chi connectivity index (χ3v) is 3.67. The maximum Gasteiger partial charge on any atom is 0.311 e. The van der Waals surface area contributed by atoms with Crippen molar-refractivity contribution in [2.45, 2.75) is 19.3 Å². The average molecular weight is 255 g/mol. The molecule has 0 aliphatic heterocycles. The Morgan fingerprint density at radius 1 is 1.44 bits per heavy atom. The van der Waals surface area contributed by atoms with E-state index in [0.29, 0.717) is 0 Å². The van der Waals surface area contributed by atoms with Crippen LogP contribution in [0.2, 0.25) is 0 Å². The summed E-state index contributed by atoms with van der Waals surface area (Å²) in [5, 5.41) is 9.36. The van der Waals surface area contributed by atoms with Crippen LogP contribution in [0.3, 0.4) is 0 Å². The van der Waals surface area contributed by atoms with Gasteiger partial charge in [0.1, 0.15) is 11.6 Å². The summed E-state index contributed by atoms with van der Waals surface area (Å²) in [6.07, 6.45) is 1.61. The lowest BCUT2D eigenvalue weighted by Crippen LogP contribution is -2.42. The molecule has 0 radical (unpaired) electrons. The molecule has 98 valence electrons. The Bertz CT molecular complexity index is 474. The first kappa shape index (κ1) is 13.0. The van der Waals surface area contributed by atoms with Gasteiger partial charge in [0.05, 0.1) is 5.41 Å². The molecule has 0 heterocycles. The van der Waals surface area contributed by atoms with Gasteiger partial charge in [0, 0.05) is 12.6 Å². The second-order valence-electron chi connectivity index (χ2n) is 4.85. The molecule has 18 heavy (non-hydrogen) atoms. The lowest BCUT2D eigenvalue weighted by Gasteiger charge is -2.28. The van der Waals surface area contributed by atoms with E-state index < -0.39 is 23.0 Å².